The normalized spacial score (nSPS) is 35.7. The van der Waals surface area contributed by atoms with Crippen molar-refractivity contribution >= 4 is 27.5 Å². The highest BCUT2D eigenvalue weighted by Gasteiger charge is 2.59. The van der Waals surface area contributed by atoms with Crippen molar-refractivity contribution in [3.05, 3.63) is 36.8 Å². The predicted molar refractivity (Wildman–Crippen MR) is 98.8 cm³/mol. The molecule has 0 radical (unpaired) electrons. The highest BCUT2D eigenvalue weighted by Crippen LogP contribution is 2.64. The Morgan fingerprint density at radius 1 is 1.20 bits per heavy atom. The fraction of sp³-hybridized carbons (Fsp3) is 0.526. The Morgan fingerprint density at radius 3 is 2.68 bits per heavy atom. The maximum Gasteiger partial charge on any atom is 0.230 e. The van der Waals surface area contributed by atoms with Crippen molar-refractivity contribution in [1.82, 2.24) is 14.8 Å². The number of alkyl halides is 1. The van der Waals surface area contributed by atoms with Crippen LogP contribution in [0.1, 0.15) is 38.5 Å². The average molecular weight is 401 g/mol. The van der Waals surface area contributed by atoms with Crippen LogP contribution in [0.2, 0.25) is 0 Å². The molecule has 6 heteroatoms. The number of hydrogen-bond donors (Lipinski definition) is 1. The summed E-state index contributed by atoms with van der Waals surface area (Å²) in [7, 11) is 0. The number of carbonyl (C=O) groups excluding carboxylic acids is 1. The van der Waals surface area contributed by atoms with E-state index in [4.69, 9.17) is 0 Å². The molecule has 2 aromatic rings. The van der Waals surface area contributed by atoms with Crippen LogP contribution in [0.3, 0.4) is 0 Å². The first-order valence-electron chi connectivity index (χ1n) is 9.01. The monoisotopic (exact) mass is 400 g/mol. The van der Waals surface area contributed by atoms with Gasteiger partial charge < -0.3 is 5.32 Å². The lowest BCUT2D eigenvalue weighted by Gasteiger charge is -2.59. The van der Waals surface area contributed by atoms with Gasteiger partial charge in [-0.25, -0.2) is 9.67 Å². The van der Waals surface area contributed by atoms with Gasteiger partial charge in [-0.2, -0.15) is 5.10 Å². The molecule has 0 saturated heterocycles. The first kappa shape index (κ1) is 15.6. The summed E-state index contributed by atoms with van der Waals surface area (Å²) in [6.45, 7) is 0. The van der Waals surface area contributed by atoms with Crippen LogP contribution in [-0.2, 0) is 4.79 Å². The van der Waals surface area contributed by atoms with Crippen molar-refractivity contribution in [1.29, 1.82) is 0 Å². The molecule has 4 bridgehead atoms. The summed E-state index contributed by atoms with van der Waals surface area (Å²) in [5.41, 5.74) is 0.501. The van der Waals surface area contributed by atoms with E-state index in [0.29, 0.717) is 17.7 Å². The molecule has 4 aliphatic carbocycles. The lowest BCUT2D eigenvalue weighted by Crippen LogP contribution is -2.57. The van der Waals surface area contributed by atoms with Gasteiger partial charge in [-0.15, -0.1) is 0 Å². The standard InChI is InChI=1S/C19H21BrN4O/c20-19-10-13-7-14(11-19)9-18(8-13,12-19)17(25)23-15-3-1-4-21-16(15)24-6-2-5-22-24/h1-6,13-14H,7-12H2,(H,23,25). The number of hydrogen-bond acceptors (Lipinski definition) is 3. The second-order valence-corrected chi connectivity index (χ2v) is 9.85. The van der Waals surface area contributed by atoms with E-state index in [1.165, 1.54) is 19.3 Å². The fourth-order valence-corrected chi connectivity index (χ4v) is 7.19. The molecule has 4 fully saturated rings. The van der Waals surface area contributed by atoms with Crippen LogP contribution in [-0.4, -0.2) is 25.0 Å². The van der Waals surface area contributed by atoms with Gasteiger partial charge in [0.05, 0.1) is 11.1 Å². The van der Waals surface area contributed by atoms with E-state index in [0.717, 1.165) is 24.9 Å². The van der Waals surface area contributed by atoms with Gasteiger partial charge in [0.2, 0.25) is 5.91 Å². The number of rotatable bonds is 3. The number of aromatic nitrogens is 3. The van der Waals surface area contributed by atoms with Crippen LogP contribution < -0.4 is 5.32 Å². The molecule has 2 aromatic heterocycles. The molecule has 0 spiro atoms. The van der Waals surface area contributed by atoms with Gasteiger partial charge in [0.15, 0.2) is 5.82 Å². The van der Waals surface area contributed by atoms with E-state index in [1.54, 1.807) is 17.1 Å². The van der Waals surface area contributed by atoms with Crippen LogP contribution in [0, 0.1) is 17.3 Å². The van der Waals surface area contributed by atoms with E-state index in [-0.39, 0.29) is 15.6 Å². The molecule has 5 nitrogen and oxygen atoms in total. The van der Waals surface area contributed by atoms with Crippen molar-refractivity contribution in [2.24, 2.45) is 17.3 Å². The van der Waals surface area contributed by atoms with Gasteiger partial charge in [-0.3, -0.25) is 4.79 Å². The molecule has 2 heterocycles. The maximum absolute atomic E-state index is 13.3. The maximum atomic E-state index is 13.3. The Hall–Kier alpha value is -1.69. The predicted octanol–water partition coefficient (Wildman–Crippen LogP) is 3.94. The first-order chi connectivity index (χ1) is 12.1. The highest BCUT2D eigenvalue weighted by molar-refractivity contribution is 9.10. The molecule has 4 aliphatic rings. The minimum absolute atomic E-state index is 0.159. The molecule has 1 amide bonds. The summed E-state index contributed by atoms with van der Waals surface area (Å²) in [5, 5.41) is 7.44. The minimum atomic E-state index is -0.231. The van der Waals surface area contributed by atoms with Crippen LogP contribution in [0.25, 0.3) is 5.82 Å². The molecule has 0 aromatic carbocycles. The smallest absolute Gasteiger partial charge is 0.230 e. The molecule has 4 saturated carbocycles. The summed E-state index contributed by atoms with van der Waals surface area (Å²) < 4.78 is 1.87. The Bertz CT molecular complexity index is 805. The van der Waals surface area contributed by atoms with Gasteiger partial charge in [-0.05, 0) is 68.6 Å². The van der Waals surface area contributed by atoms with Crippen molar-refractivity contribution in [3.8, 4) is 5.82 Å². The number of halogens is 1. The molecule has 0 aliphatic heterocycles. The topological polar surface area (TPSA) is 59.8 Å². The SMILES string of the molecule is O=C(Nc1cccnc1-n1cccn1)C12CC3CC(CC(Br)(C3)C1)C2. The van der Waals surface area contributed by atoms with Gasteiger partial charge in [0.1, 0.15) is 0 Å². The van der Waals surface area contributed by atoms with Crippen LogP contribution in [0.4, 0.5) is 5.69 Å². The summed E-state index contributed by atoms with van der Waals surface area (Å²) in [6, 6.07) is 5.62. The van der Waals surface area contributed by atoms with Crippen molar-refractivity contribution in [2.75, 3.05) is 5.32 Å². The number of carbonyl (C=O) groups is 1. The van der Waals surface area contributed by atoms with Gasteiger partial charge in [0.25, 0.3) is 0 Å². The van der Waals surface area contributed by atoms with Crippen molar-refractivity contribution in [3.63, 3.8) is 0 Å². The van der Waals surface area contributed by atoms with Crippen molar-refractivity contribution in [2.45, 2.75) is 42.8 Å². The summed E-state index contributed by atoms with van der Waals surface area (Å²) in [6.07, 6.45) is 12.0. The lowest BCUT2D eigenvalue weighted by molar-refractivity contribution is -0.138. The Balaban J connectivity index is 1.45. The fourth-order valence-electron chi connectivity index (χ4n) is 5.74. The van der Waals surface area contributed by atoms with Crippen LogP contribution >= 0.6 is 15.9 Å². The zero-order valence-electron chi connectivity index (χ0n) is 14.0. The Kier molecular flexibility index (Phi) is 3.36. The van der Waals surface area contributed by atoms with Crippen molar-refractivity contribution < 1.29 is 4.79 Å². The van der Waals surface area contributed by atoms with E-state index in [2.05, 4.69) is 31.3 Å². The average Bonchev–Trinajstić information content (AvgIpc) is 3.07. The third kappa shape index (κ3) is 2.53. The molecule has 2 unspecified atom stereocenters. The molecule has 130 valence electrons. The molecule has 2 atom stereocenters. The largest absolute Gasteiger partial charge is 0.322 e. The van der Waals surface area contributed by atoms with E-state index in [9.17, 15) is 4.79 Å². The van der Waals surface area contributed by atoms with E-state index >= 15 is 0 Å². The van der Waals surface area contributed by atoms with Crippen LogP contribution in [0.5, 0.6) is 0 Å². The highest BCUT2D eigenvalue weighted by atomic mass is 79.9. The molecule has 6 rings (SSSR count). The molecular formula is C19H21BrN4O. The zero-order chi connectivity index (χ0) is 17.1. The second kappa shape index (κ2) is 5.40. The lowest BCUT2D eigenvalue weighted by atomic mass is 9.49. The Labute approximate surface area is 155 Å². The quantitative estimate of drug-likeness (QED) is 0.793. The first-order valence-corrected chi connectivity index (χ1v) is 9.80. The number of anilines is 1. The van der Waals surface area contributed by atoms with Gasteiger partial charge in [-0.1, -0.05) is 15.9 Å². The van der Waals surface area contributed by atoms with Gasteiger partial charge in [0, 0.05) is 22.9 Å². The summed E-state index contributed by atoms with van der Waals surface area (Å²) >= 11 is 3.99. The van der Waals surface area contributed by atoms with Gasteiger partial charge >= 0.3 is 0 Å². The number of nitrogens with one attached hydrogen (secondary N) is 1. The molecule has 1 N–H and O–H groups in total. The summed E-state index contributed by atoms with van der Waals surface area (Å²) in [5.74, 6) is 2.20. The molecular weight excluding hydrogens is 380 g/mol. The third-order valence-electron chi connectivity index (χ3n) is 6.23. The van der Waals surface area contributed by atoms with Crippen LogP contribution in [0.15, 0.2) is 36.8 Å². The second-order valence-electron chi connectivity index (χ2n) is 8.17. The molecule has 25 heavy (non-hydrogen) atoms. The zero-order valence-corrected chi connectivity index (χ0v) is 15.6. The van der Waals surface area contributed by atoms with E-state index < -0.39 is 0 Å². The van der Waals surface area contributed by atoms with E-state index in [1.807, 2.05) is 24.4 Å². The summed E-state index contributed by atoms with van der Waals surface area (Å²) in [4.78, 5) is 17.8. The number of amides is 1. The third-order valence-corrected chi connectivity index (χ3v) is 7.16. The minimum Gasteiger partial charge on any atom is -0.322 e. The Morgan fingerprint density at radius 2 is 2.00 bits per heavy atom. The number of nitrogens with zero attached hydrogens (tertiary/aromatic N) is 3. The number of pyridine rings is 1.